The fraction of sp³-hybridized carbons (Fsp3) is 0.500. The topological polar surface area (TPSA) is 111 Å². The maximum atomic E-state index is 12.3. The molecule has 1 N–H and O–H groups in total. The van der Waals surface area contributed by atoms with Crippen LogP contribution < -0.4 is 5.32 Å². The number of thioether (sulfide) groups is 1. The molecule has 1 saturated carbocycles. The lowest BCUT2D eigenvalue weighted by Crippen LogP contribution is -2.32. The van der Waals surface area contributed by atoms with E-state index in [9.17, 15) is 14.9 Å². The third-order valence-corrected chi connectivity index (χ3v) is 7.64. The number of nitrogens with zero attached hydrogens (tertiary/aromatic N) is 4. The Kier molecular flexibility index (Phi) is 4.60. The van der Waals surface area contributed by atoms with E-state index in [1.807, 2.05) is 0 Å². The number of fused-ring (bicyclic) bond motifs is 5. The second kappa shape index (κ2) is 6.76. The predicted molar refractivity (Wildman–Crippen MR) is 110 cm³/mol. The molecular formula is C20H23N5O3S. The van der Waals surface area contributed by atoms with Crippen molar-refractivity contribution >= 4 is 29.0 Å². The molecule has 1 fully saturated rings. The molecule has 1 aromatic heterocycles. The highest BCUT2D eigenvalue weighted by Gasteiger charge is 2.61. The zero-order chi connectivity index (χ0) is 21.0. The number of rotatable bonds is 5. The third-order valence-electron chi connectivity index (χ3n) is 6.80. The average Bonchev–Trinajstić information content (AvgIpc) is 3.00. The molecule has 2 aliphatic rings. The Morgan fingerprint density at radius 3 is 2.79 bits per heavy atom. The number of anilines is 1. The number of carbonyl (C=O) groups is 1. The summed E-state index contributed by atoms with van der Waals surface area (Å²) < 4.78 is 0. The fourth-order valence-electron chi connectivity index (χ4n) is 4.64. The first-order chi connectivity index (χ1) is 13.6. The van der Waals surface area contributed by atoms with Crippen molar-refractivity contribution < 1.29 is 9.72 Å². The Labute approximate surface area is 173 Å². The number of hydrogen-bond donors (Lipinski definition) is 1. The molecule has 8 nitrogen and oxygen atoms in total. The second-order valence-electron chi connectivity index (χ2n) is 8.57. The summed E-state index contributed by atoms with van der Waals surface area (Å²) in [5.74, 6) is 0.319. The van der Waals surface area contributed by atoms with E-state index in [1.165, 1.54) is 23.9 Å². The van der Waals surface area contributed by atoms with Gasteiger partial charge < -0.3 is 5.32 Å². The Morgan fingerprint density at radius 2 is 2.10 bits per heavy atom. The number of hydrogen-bond acceptors (Lipinski definition) is 7. The Morgan fingerprint density at radius 1 is 1.34 bits per heavy atom. The maximum absolute atomic E-state index is 12.3. The van der Waals surface area contributed by atoms with Gasteiger partial charge in [0.15, 0.2) is 0 Å². The molecule has 29 heavy (non-hydrogen) atoms. The van der Waals surface area contributed by atoms with Gasteiger partial charge in [0.25, 0.3) is 5.69 Å². The Bertz CT molecular complexity index is 1030. The minimum atomic E-state index is -0.457. The van der Waals surface area contributed by atoms with Gasteiger partial charge in [0.05, 0.1) is 22.1 Å². The lowest BCUT2D eigenvalue weighted by Gasteiger charge is -2.33. The van der Waals surface area contributed by atoms with Gasteiger partial charge in [-0.1, -0.05) is 32.5 Å². The molecule has 1 heterocycles. The lowest BCUT2D eigenvalue weighted by molar-refractivity contribution is -0.384. The molecule has 0 saturated heterocycles. The van der Waals surface area contributed by atoms with Gasteiger partial charge in [-0.15, -0.1) is 5.10 Å². The molecule has 9 heteroatoms. The van der Waals surface area contributed by atoms with E-state index in [1.54, 1.807) is 13.0 Å². The van der Waals surface area contributed by atoms with E-state index in [-0.39, 0.29) is 28.2 Å². The van der Waals surface area contributed by atoms with Crippen molar-refractivity contribution in [1.29, 1.82) is 0 Å². The third kappa shape index (κ3) is 3.08. The van der Waals surface area contributed by atoms with Crippen LogP contribution in [0.1, 0.15) is 56.5 Å². The normalized spacial score (nSPS) is 23.7. The van der Waals surface area contributed by atoms with E-state index >= 15 is 0 Å². The molecular weight excluding hydrogens is 390 g/mol. The molecule has 2 aromatic rings. The van der Waals surface area contributed by atoms with Crippen LogP contribution in [0, 0.1) is 22.5 Å². The number of carbonyl (C=O) groups excluding carboxylic acids is 1. The van der Waals surface area contributed by atoms with Gasteiger partial charge in [0.1, 0.15) is 0 Å². The number of nitrogens with one attached hydrogen (secondary N) is 1. The first kappa shape index (κ1) is 19.8. The van der Waals surface area contributed by atoms with Crippen molar-refractivity contribution in [3.8, 4) is 0 Å². The zero-order valence-electron chi connectivity index (χ0n) is 16.9. The van der Waals surface area contributed by atoms with Crippen molar-refractivity contribution in [3.05, 3.63) is 45.3 Å². The highest BCUT2D eigenvalue weighted by molar-refractivity contribution is 7.99. The van der Waals surface area contributed by atoms with Crippen molar-refractivity contribution in [1.82, 2.24) is 15.2 Å². The van der Waals surface area contributed by atoms with Crippen LogP contribution in [0.25, 0.3) is 0 Å². The van der Waals surface area contributed by atoms with E-state index in [4.69, 9.17) is 4.98 Å². The first-order valence-corrected chi connectivity index (χ1v) is 10.5. The van der Waals surface area contributed by atoms with Crippen LogP contribution in [-0.2, 0) is 10.2 Å². The van der Waals surface area contributed by atoms with E-state index in [0.29, 0.717) is 22.3 Å². The van der Waals surface area contributed by atoms with Gasteiger partial charge in [-0.2, -0.15) is 5.10 Å². The summed E-state index contributed by atoms with van der Waals surface area (Å²) in [5, 5.41) is 22.8. The van der Waals surface area contributed by atoms with Crippen LogP contribution in [0.2, 0.25) is 0 Å². The molecule has 1 amide bonds. The Hall–Kier alpha value is -2.55. The summed E-state index contributed by atoms with van der Waals surface area (Å²) in [4.78, 5) is 27.5. The summed E-state index contributed by atoms with van der Waals surface area (Å²) >= 11 is 1.25. The van der Waals surface area contributed by atoms with Crippen LogP contribution in [0.15, 0.2) is 23.4 Å². The highest BCUT2D eigenvalue weighted by Crippen LogP contribution is 2.66. The number of aromatic nitrogens is 3. The molecule has 0 spiro atoms. The van der Waals surface area contributed by atoms with Crippen LogP contribution in [0.5, 0.6) is 0 Å². The molecule has 0 radical (unpaired) electrons. The summed E-state index contributed by atoms with van der Waals surface area (Å²) in [7, 11) is 0. The summed E-state index contributed by atoms with van der Waals surface area (Å²) in [6.07, 6.45) is 2.22. The minimum Gasteiger partial charge on any atom is -0.325 e. The summed E-state index contributed by atoms with van der Waals surface area (Å²) in [5.41, 5.74) is 3.35. The van der Waals surface area contributed by atoms with Gasteiger partial charge in [-0.25, -0.2) is 4.98 Å². The number of nitro benzene ring substituents is 1. The van der Waals surface area contributed by atoms with Gasteiger partial charge in [0.2, 0.25) is 11.1 Å². The van der Waals surface area contributed by atoms with Crippen molar-refractivity contribution in [2.24, 2.45) is 5.41 Å². The van der Waals surface area contributed by atoms with Gasteiger partial charge in [0, 0.05) is 29.2 Å². The van der Waals surface area contributed by atoms with Crippen LogP contribution in [-0.4, -0.2) is 31.8 Å². The van der Waals surface area contributed by atoms with Crippen LogP contribution >= 0.6 is 11.8 Å². The molecule has 2 atom stereocenters. The smallest absolute Gasteiger partial charge is 0.269 e. The van der Waals surface area contributed by atoms with Crippen LogP contribution in [0.3, 0.4) is 0 Å². The molecule has 152 valence electrons. The van der Waals surface area contributed by atoms with Crippen LogP contribution in [0.4, 0.5) is 11.4 Å². The maximum Gasteiger partial charge on any atom is 0.269 e. The molecule has 2 bridgehead atoms. The number of nitro groups is 1. The van der Waals surface area contributed by atoms with Crippen molar-refractivity contribution in [2.45, 2.75) is 57.0 Å². The number of benzene rings is 1. The van der Waals surface area contributed by atoms with E-state index < -0.39 is 4.92 Å². The van der Waals surface area contributed by atoms with Crippen molar-refractivity contribution in [3.63, 3.8) is 0 Å². The van der Waals surface area contributed by atoms with Crippen molar-refractivity contribution in [2.75, 3.05) is 11.1 Å². The molecule has 0 unspecified atom stereocenters. The quantitative estimate of drug-likeness (QED) is 0.448. The molecule has 2 aliphatic carbocycles. The number of aryl methyl sites for hydroxylation is 1. The first-order valence-electron chi connectivity index (χ1n) is 9.56. The molecule has 4 rings (SSSR count). The van der Waals surface area contributed by atoms with E-state index in [2.05, 4.69) is 36.3 Å². The van der Waals surface area contributed by atoms with Gasteiger partial charge in [-0.05, 0) is 36.8 Å². The Balaban J connectivity index is 1.43. The zero-order valence-corrected chi connectivity index (χ0v) is 17.7. The number of non-ortho nitro benzene ring substituents is 1. The van der Waals surface area contributed by atoms with Gasteiger partial charge >= 0.3 is 0 Å². The fourth-order valence-corrected chi connectivity index (χ4v) is 5.23. The minimum absolute atomic E-state index is 0.00166. The highest BCUT2D eigenvalue weighted by atomic mass is 32.2. The largest absolute Gasteiger partial charge is 0.325 e. The summed E-state index contributed by atoms with van der Waals surface area (Å²) in [6.45, 7) is 8.54. The average molecular weight is 414 g/mol. The van der Waals surface area contributed by atoms with Gasteiger partial charge in [-0.3, -0.25) is 14.9 Å². The molecule has 1 aromatic carbocycles. The monoisotopic (exact) mass is 413 g/mol. The summed E-state index contributed by atoms with van der Waals surface area (Å²) in [6, 6.07) is 4.36. The lowest BCUT2D eigenvalue weighted by atomic mass is 9.70. The predicted octanol–water partition coefficient (Wildman–Crippen LogP) is 3.99. The molecule has 0 aliphatic heterocycles. The SMILES string of the molecule is Cc1cc([N+](=O)[O-])ccc1NC(=O)CSc1nnc2c(n1)[C@@]1(C)CC[C@@H]2C1(C)C. The second-order valence-corrected chi connectivity index (χ2v) is 9.51. The van der Waals surface area contributed by atoms with E-state index in [0.717, 1.165) is 24.2 Å². The standard InChI is InChI=1S/C20H23N5O3S/c1-11-9-12(25(27)28)5-6-14(11)21-15(26)10-29-18-22-17-16(23-24-18)13-7-8-20(17,4)19(13,2)3/h5-6,9,13H,7-8,10H2,1-4H3,(H,21,26)/t13-,20+/m0/s1. The number of amides is 1.